The molecule has 0 saturated heterocycles. The highest BCUT2D eigenvalue weighted by Gasteiger charge is 2.14. The first kappa shape index (κ1) is 18.0. The summed E-state index contributed by atoms with van der Waals surface area (Å²) in [5.74, 6) is -0.305. The van der Waals surface area contributed by atoms with Crippen molar-refractivity contribution in [2.45, 2.75) is 0 Å². The van der Waals surface area contributed by atoms with E-state index in [0.29, 0.717) is 21.8 Å². The predicted octanol–water partition coefficient (Wildman–Crippen LogP) is 6.34. The van der Waals surface area contributed by atoms with E-state index in [0.717, 1.165) is 19.7 Å². The first-order valence-corrected chi connectivity index (χ1v) is 9.95. The van der Waals surface area contributed by atoms with Crippen molar-refractivity contribution < 1.29 is 9.90 Å². The average Bonchev–Trinajstić information content (AvgIpc) is 3.07. The molecule has 0 fully saturated rings. The van der Waals surface area contributed by atoms with Crippen LogP contribution < -0.4 is 5.32 Å². The molecular formula is C20H12BrClN2O2S. The number of carbonyl (C=O) groups excluding carboxylic acids is 1. The molecule has 7 heteroatoms. The lowest BCUT2D eigenvalue weighted by molar-refractivity contribution is 0.102. The number of aromatic hydroxyl groups is 1. The van der Waals surface area contributed by atoms with Gasteiger partial charge in [-0.2, -0.15) is 0 Å². The Hall–Kier alpha value is -2.41. The molecule has 0 aliphatic heterocycles. The number of hydrogen-bond acceptors (Lipinski definition) is 4. The van der Waals surface area contributed by atoms with E-state index in [4.69, 9.17) is 11.6 Å². The van der Waals surface area contributed by atoms with Gasteiger partial charge in [0.1, 0.15) is 10.8 Å². The standard InChI is InChI=1S/C20H12BrClN2O2S/c21-11-5-8-15(22)14(9-11)19(26)23-12-6-7-13(17(25)10-12)20-24-16-3-1-2-4-18(16)27-20/h1-10,25H,(H,23,26). The lowest BCUT2D eigenvalue weighted by Crippen LogP contribution is -2.12. The number of hydrogen-bond donors (Lipinski definition) is 2. The topological polar surface area (TPSA) is 62.2 Å². The van der Waals surface area contributed by atoms with E-state index in [1.807, 2.05) is 24.3 Å². The van der Waals surface area contributed by atoms with Gasteiger partial charge in [-0.05, 0) is 42.5 Å². The van der Waals surface area contributed by atoms with Crippen molar-refractivity contribution in [1.82, 2.24) is 4.98 Å². The lowest BCUT2D eigenvalue weighted by atomic mass is 10.1. The Morgan fingerprint density at radius 2 is 1.93 bits per heavy atom. The van der Waals surface area contributed by atoms with Crippen LogP contribution in [0.15, 0.2) is 65.1 Å². The molecule has 134 valence electrons. The van der Waals surface area contributed by atoms with Gasteiger partial charge in [0.15, 0.2) is 0 Å². The summed E-state index contributed by atoms with van der Waals surface area (Å²) in [5.41, 5.74) is 2.33. The van der Waals surface area contributed by atoms with Crippen LogP contribution in [0.3, 0.4) is 0 Å². The van der Waals surface area contributed by atoms with Gasteiger partial charge in [0.2, 0.25) is 0 Å². The highest BCUT2D eigenvalue weighted by atomic mass is 79.9. The number of phenolic OH excluding ortho intramolecular Hbond substituents is 1. The minimum Gasteiger partial charge on any atom is -0.507 e. The smallest absolute Gasteiger partial charge is 0.257 e. The second-order valence-electron chi connectivity index (χ2n) is 5.80. The molecule has 4 nitrogen and oxygen atoms in total. The Bertz CT molecular complexity index is 1140. The molecule has 0 atom stereocenters. The SMILES string of the molecule is O=C(Nc1ccc(-c2nc3ccccc3s2)c(O)c1)c1cc(Br)ccc1Cl. The number of aromatic nitrogens is 1. The van der Waals surface area contributed by atoms with Crippen LogP contribution in [0.25, 0.3) is 20.8 Å². The van der Waals surface area contributed by atoms with E-state index in [-0.39, 0.29) is 11.7 Å². The number of halogens is 2. The molecule has 2 N–H and O–H groups in total. The maximum absolute atomic E-state index is 12.5. The predicted molar refractivity (Wildman–Crippen MR) is 114 cm³/mol. The summed E-state index contributed by atoms with van der Waals surface area (Å²) in [5, 5.41) is 14.3. The third-order valence-electron chi connectivity index (χ3n) is 3.95. The summed E-state index contributed by atoms with van der Waals surface area (Å²) < 4.78 is 1.81. The van der Waals surface area contributed by atoms with Gasteiger partial charge in [0.05, 0.1) is 26.4 Å². The van der Waals surface area contributed by atoms with E-state index < -0.39 is 0 Å². The van der Waals surface area contributed by atoms with Crippen LogP contribution in [0, 0.1) is 0 Å². The first-order chi connectivity index (χ1) is 13.0. The zero-order chi connectivity index (χ0) is 19.0. The number of nitrogens with zero attached hydrogens (tertiary/aromatic N) is 1. The number of fused-ring (bicyclic) bond motifs is 1. The molecule has 0 aliphatic carbocycles. The van der Waals surface area contributed by atoms with Gasteiger partial charge < -0.3 is 10.4 Å². The second-order valence-corrected chi connectivity index (χ2v) is 8.15. The van der Waals surface area contributed by atoms with Crippen molar-refractivity contribution in [3.63, 3.8) is 0 Å². The molecule has 1 heterocycles. The van der Waals surface area contributed by atoms with Crippen LogP contribution in [0.2, 0.25) is 5.02 Å². The normalized spacial score (nSPS) is 10.9. The number of rotatable bonds is 3. The van der Waals surface area contributed by atoms with Crippen LogP contribution in [0.1, 0.15) is 10.4 Å². The fraction of sp³-hybridized carbons (Fsp3) is 0. The van der Waals surface area contributed by atoms with Crippen molar-refractivity contribution in [2.24, 2.45) is 0 Å². The molecule has 4 rings (SSSR count). The Labute approximate surface area is 172 Å². The number of carbonyl (C=O) groups is 1. The number of amides is 1. The molecule has 4 aromatic rings. The Kier molecular flexibility index (Phi) is 4.86. The maximum atomic E-state index is 12.5. The highest BCUT2D eigenvalue weighted by Crippen LogP contribution is 2.36. The molecule has 3 aromatic carbocycles. The fourth-order valence-corrected chi connectivity index (χ4v) is 4.21. The van der Waals surface area contributed by atoms with Crippen LogP contribution in [-0.4, -0.2) is 16.0 Å². The summed E-state index contributed by atoms with van der Waals surface area (Å²) in [6.07, 6.45) is 0. The molecule has 0 unspecified atom stereocenters. The van der Waals surface area contributed by atoms with Gasteiger partial charge in [0.25, 0.3) is 5.91 Å². The zero-order valence-electron chi connectivity index (χ0n) is 13.7. The third kappa shape index (κ3) is 3.69. The number of para-hydroxylation sites is 1. The van der Waals surface area contributed by atoms with Gasteiger partial charge >= 0.3 is 0 Å². The number of nitrogens with one attached hydrogen (secondary N) is 1. The van der Waals surface area contributed by atoms with Gasteiger partial charge in [-0.15, -0.1) is 11.3 Å². The Morgan fingerprint density at radius 1 is 1.11 bits per heavy atom. The summed E-state index contributed by atoms with van der Waals surface area (Å²) in [7, 11) is 0. The minimum absolute atomic E-state index is 0.0483. The quantitative estimate of drug-likeness (QED) is 0.376. The van der Waals surface area contributed by atoms with Crippen molar-refractivity contribution in [3.05, 3.63) is 75.7 Å². The number of thiazole rings is 1. The monoisotopic (exact) mass is 458 g/mol. The summed E-state index contributed by atoms with van der Waals surface area (Å²) in [4.78, 5) is 17.0. The van der Waals surface area contributed by atoms with Crippen molar-refractivity contribution in [1.29, 1.82) is 0 Å². The average molecular weight is 460 g/mol. The minimum atomic E-state index is -0.353. The summed E-state index contributed by atoms with van der Waals surface area (Å²) >= 11 is 10.9. The zero-order valence-corrected chi connectivity index (χ0v) is 16.9. The second kappa shape index (κ2) is 7.31. The highest BCUT2D eigenvalue weighted by molar-refractivity contribution is 9.10. The molecule has 0 spiro atoms. The van der Waals surface area contributed by atoms with Gasteiger partial charge in [-0.1, -0.05) is 39.7 Å². The van der Waals surface area contributed by atoms with Gasteiger partial charge in [-0.25, -0.2) is 4.98 Å². The molecule has 1 amide bonds. The Morgan fingerprint density at radius 3 is 2.70 bits per heavy atom. The Balaban J connectivity index is 1.61. The number of anilines is 1. The van der Waals surface area contributed by atoms with Gasteiger partial charge in [-0.3, -0.25) is 4.79 Å². The van der Waals surface area contributed by atoms with E-state index >= 15 is 0 Å². The van der Waals surface area contributed by atoms with Gasteiger partial charge in [0, 0.05) is 16.2 Å². The van der Waals surface area contributed by atoms with Crippen LogP contribution in [0.4, 0.5) is 5.69 Å². The van der Waals surface area contributed by atoms with E-state index in [1.54, 1.807) is 30.3 Å². The largest absolute Gasteiger partial charge is 0.507 e. The van der Waals surface area contributed by atoms with Crippen LogP contribution in [0.5, 0.6) is 5.75 Å². The molecule has 0 bridgehead atoms. The maximum Gasteiger partial charge on any atom is 0.257 e. The molecule has 1 aromatic heterocycles. The first-order valence-electron chi connectivity index (χ1n) is 7.96. The van der Waals surface area contributed by atoms with E-state index in [9.17, 15) is 9.90 Å². The molecular weight excluding hydrogens is 448 g/mol. The number of benzene rings is 3. The van der Waals surface area contributed by atoms with Crippen LogP contribution >= 0.6 is 38.9 Å². The molecule has 0 aliphatic rings. The number of phenols is 1. The van der Waals surface area contributed by atoms with Crippen molar-refractivity contribution >= 4 is 60.7 Å². The molecule has 27 heavy (non-hydrogen) atoms. The van der Waals surface area contributed by atoms with Crippen LogP contribution in [-0.2, 0) is 0 Å². The third-order valence-corrected chi connectivity index (χ3v) is 5.85. The van der Waals surface area contributed by atoms with E-state index in [1.165, 1.54) is 17.4 Å². The molecule has 0 radical (unpaired) electrons. The van der Waals surface area contributed by atoms with Crippen molar-refractivity contribution in [3.8, 4) is 16.3 Å². The summed E-state index contributed by atoms with van der Waals surface area (Å²) in [6.45, 7) is 0. The lowest BCUT2D eigenvalue weighted by Gasteiger charge is -2.09. The summed E-state index contributed by atoms with van der Waals surface area (Å²) in [6, 6.07) is 17.8. The van der Waals surface area contributed by atoms with Crippen molar-refractivity contribution in [2.75, 3.05) is 5.32 Å². The van der Waals surface area contributed by atoms with E-state index in [2.05, 4.69) is 26.2 Å². The molecule has 0 saturated carbocycles. The fourth-order valence-electron chi connectivity index (χ4n) is 2.65.